The van der Waals surface area contributed by atoms with Crippen molar-refractivity contribution in [3.63, 3.8) is 0 Å². The second-order valence-electron chi connectivity index (χ2n) is 8.12. The summed E-state index contributed by atoms with van der Waals surface area (Å²) < 4.78 is 0. The molecule has 28 heavy (non-hydrogen) atoms. The summed E-state index contributed by atoms with van der Waals surface area (Å²) in [5.41, 5.74) is 1.30. The van der Waals surface area contributed by atoms with Crippen LogP contribution in [0.3, 0.4) is 0 Å². The summed E-state index contributed by atoms with van der Waals surface area (Å²) in [7, 11) is 3.25. The monoisotopic (exact) mass is 386 g/mol. The molecule has 0 saturated carbocycles. The van der Waals surface area contributed by atoms with E-state index >= 15 is 0 Å². The molecule has 2 fully saturated rings. The number of rotatable bonds is 5. The molecule has 2 aliphatic rings. The van der Waals surface area contributed by atoms with E-state index < -0.39 is 5.54 Å². The summed E-state index contributed by atoms with van der Waals surface area (Å²) in [5, 5.41) is 3.03. The molecule has 0 aliphatic carbocycles. The topological polar surface area (TPSA) is 73.0 Å². The van der Waals surface area contributed by atoms with Gasteiger partial charge >= 0.3 is 6.03 Å². The fraction of sp³-hybridized carbons (Fsp3) is 0.571. The van der Waals surface area contributed by atoms with Gasteiger partial charge in [0.1, 0.15) is 5.54 Å². The molecule has 152 valence electrons. The molecule has 7 nitrogen and oxygen atoms in total. The van der Waals surface area contributed by atoms with Gasteiger partial charge in [-0.3, -0.25) is 14.5 Å². The number of hydrogen-bond acceptors (Lipinski definition) is 4. The van der Waals surface area contributed by atoms with Crippen LogP contribution in [0.4, 0.5) is 10.5 Å². The van der Waals surface area contributed by atoms with E-state index in [1.54, 1.807) is 19.0 Å². The Morgan fingerprint density at radius 3 is 2.36 bits per heavy atom. The smallest absolute Gasteiger partial charge is 0.326 e. The van der Waals surface area contributed by atoms with Gasteiger partial charge in [0, 0.05) is 45.8 Å². The number of piperidine rings is 1. The number of anilines is 1. The van der Waals surface area contributed by atoms with Crippen molar-refractivity contribution in [1.29, 1.82) is 0 Å². The first kappa shape index (κ1) is 20.3. The van der Waals surface area contributed by atoms with Crippen LogP contribution in [0.25, 0.3) is 0 Å². The highest BCUT2D eigenvalue weighted by Gasteiger charge is 2.55. The van der Waals surface area contributed by atoms with Crippen molar-refractivity contribution in [3.8, 4) is 0 Å². The molecule has 0 unspecified atom stereocenters. The Bertz CT molecular complexity index is 769. The van der Waals surface area contributed by atoms with Crippen molar-refractivity contribution in [2.24, 2.45) is 0 Å². The molecule has 1 spiro atoms. The average Bonchev–Trinajstić information content (AvgIpc) is 2.84. The lowest BCUT2D eigenvalue weighted by atomic mass is 9.86. The number of nitrogens with zero attached hydrogens (tertiary/aromatic N) is 3. The number of likely N-dealkylation sites (tertiary alicyclic amines) is 1. The molecule has 1 aromatic carbocycles. The zero-order valence-electron chi connectivity index (χ0n) is 17.2. The number of hydrogen-bond donors (Lipinski definition) is 1. The third-order valence-electron chi connectivity index (χ3n) is 6.11. The fourth-order valence-electron chi connectivity index (χ4n) is 4.23. The van der Waals surface area contributed by atoms with E-state index in [2.05, 4.69) is 24.1 Å². The summed E-state index contributed by atoms with van der Waals surface area (Å²) >= 11 is 0. The molecular weight excluding hydrogens is 356 g/mol. The van der Waals surface area contributed by atoms with Crippen LogP contribution >= 0.6 is 0 Å². The molecule has 0 bridgehead atoms. The SMILES string of the molecule is CC(C)c1ccccc1NC(=O)CCN1CCC2(CC1)C(=O)N(C)C(=O)N2C. The first-order valence-electron chi connectivity index (χ1n) is 9.93. The summed E-state index contributed by atoms with van der Waals surface area (Å²) in [6.07, 6.45) is 1.62. The normalized spacial score (nSPS) is 19.8. The van der Waals surface area contributed by atoms with Crippen molar-refractivity contribution in [1.82, 2.24) is 14.7 Å². The number of benzene rings is 1. The van der Waals surface area contributed by atoms with Gasteiger partial charge in [-0.25, -0.2) is 4.79 Å². The van der Waals surface area contributed by atoms with Crippen molar-refractivity contribution in [2.45, 2.75) is 44.6 Å². The van der Waals surface area contributed by atoms with Gasteiger partial charge in [0.25, 0.3) is 5.91 Å². The van der Waals surface area contributed by atoms with Crippen LogP contribution in [0.2, 0.25) is 0 Å². The molecule has 0 radical (unpaired) electrons. The quantitative estimate of drug-likeness (QED) is 0.789. The fourth-order valence-corrected chi connectivity index (χ4v) is 4.23. The maximum absolute atomic E-state index is 12.5. The second kappa shape index (κ2) is 7.91. The molecule has 2 saturated heterocycles. The largest absolute Gasteiger partial charge is 0.327 e. The van der Waals surface area contributed by atoms with Crippen molar-refractivity contribution >= 4 is 23.5 Å². The van der Waals surface area contributed by atoms with E-state index in [0.717, 1.165) is 11.3 Å². The number of likely N-dealkylation sites (N-methyl/N-ethyl adjacent to an activating group) is 2. The lowest BCUT2D eigenvalue weighted by Gasteiger charge is -2.40. The van der Waals surface area contributed by atoms with Gasteiger partial charge in [-0.1, -0.05) is 32.0 Å². The number of para-hydroxylation sites is 1. The van der Waals surface area contributed by atoms with E-state index in [9.17, 15) is 14.4 Å². The third-order valence-corrected chi connectivity index (χ3v) is 6.11. The zero-order chi connectivity index (χ0) is 20.5. The molecule has 0 aromatic heterocycles. The highest BCUT2D eigenvalue weighted by Crippen LogP contribution is 2.35. The molecule has 4 amide bonds. The Labute approximate surface area is 166 Å². The van der Waals surface area contributed by atoms with Crippen LogP contribution in [-0.4, -0.2) is 71.8 Å². The molecule has 1 N–H and O–H groups in total. The highest BCUT2D eigenvalue weighted by molar-refractivity contribution is 6.06. The molecule has 2 aliphatic heterocycles. The van der Waals surface area contributed by atoms with Crippen LogP contribution in [0.5, 0.6) is 0 Å². The number of carbonyl (C=O) groups is 3. The maximum Gasteiger partial charge on any atom is 0.327 e. The van der Waals surface area contributed by atoms with E-state index in [1.165, 1.54) is 4.90 Å². The minimum absolute atomic E-state index is 0.00245. The highest BCUT2D eigenvalue weighted by atomic mass is 16.2. The standard InChI is InChI=1S/C21H30N4O3/c1-15(2)16-7-5-6-8-17(16)22-18(26)9-12-25-13-10-21(11-14-25)19(27)23(3)20(28)24(21)4/h5-8,15H,9-14H2,1-4H3,(H,22,26). The predicted octanol–water partition coefficient (Wildman–Crippen LogP) is 2.50. The molecule has 0 atom stereocenters. The molecule has 1 aromatic rings. The Kier molecular flexibility index (Phi) is 5.74. The summed E-state index contributed by atoms with van der Waals surface area (Å²) in [6.45, 7) is 6.27. The van der Waals surface area contributed by atoms with E-state index in [4.69, 9.17) is 0 Å². The van der Waals surface area contributed by atoms with Crippen LogP contribution in [0.15, 0.2) is 24.3 Å². The van der Waals surface area contributed by atoms with Gasteiger partial charge in [0.15, 0.2) is 0 Å². The molecular formula is C21H30N4O3. The zero-order valence-corrected chi connectivity index (χ0v) is 17.2. The minimum Gasteiger partial charge on any atom is -0.326 e. The van der Waals surface area contributed by atoms with Crippen LogP contribution < -0.4 is 5.32 Å². The first-order valence-corrected chi connectivity index (χ1v) is 9.93. The van der Waals surface area contributed by atoms with Gasteiger partial charge in [-0.05, 0) is 30.4 Å². The summed E-state index contributed by atoms with van der Waals surface area (Å²) in [6, 6.07) is 7.66. The summed E-state index contributed by atoms with van der Waals surface area (Å²) in [4.78, 5) is 42.1. The Morgan fingerprint density at radius 1 is 1.14 bits per heavy atom. The average molecular weight is 386 g/mol. The van der Waals surface area contributed by atoms with Crippen molar-refractivity contribution in [2.75, 3.05) is 39.0 Å². The Hall–Kier alpha value is -2.41. The van der Waals surface area contributed by atoms with E-state index in [-0.39, 0.29) is 17.8 Å². The minimum atomic E-state index is -0.708. The Balaban J connectivity index is 1.52. The number of imide groups is 1. The molecule has 7 heteroatoms. The van der Waals surface area contributed by atoms with Gasteiger partial charge < -0.3 is 15.1 Å². The number of amides is 4. The van der Waals surface area contributed by atoms with E-state index in [0.29, 0.717) is 44.8 Å². The van der Waals surface area contributed by atoms with Gasteiger partial charge in [0.2, 0.25) is 5.91 Å². The van der Waals surface area contributed by atoms with Crippen LogP contribution in [0.1, 0.15) is 44.6 Å². The second-order valence-corrected chi connectivity index (χ2v) is 8.12. The third kappa shape index (κ3) is 3.63. The number of urea groups is 1. The van der Waals surface area contributed by atoms with E-state index in [1.807, 2.05) is 24.3 Å². The van der Waals surface area contributed by atoms with Crippen LogP contribution in [-0.2, 0) is 9.59 Å². The maximum atomic E-state index is 12.5. The molecule has 2 heterocycles. The van der Waals surface area contributed by atoms with Gasteiger partial charge in [0.05, 0.1) is 0 Å². The number of carbonyl (C=O) groups excluding carboxylic acids is 3. The van der Waals surface area contributed by atoms with Gasteiger partial charge in [-0.15, -0.1) is 0 Å². The first-order chi connectivity index (χ1) is 13.3. The molecule has 3 rings (SSSR count). The van der Waals surface area contributed by atoms with Gasteiger partial charge in [-0.2, -0.15) is 0 Å². The Morgan fingerprint density at radius 2 is 1.79 bits per heavy atom. The predicted molar refractivity (Wildman–Crippen MR) is 108 cm³/mol. The van der Waals surface area contributed by atoms with Crippen LogP contribution in [0, 0.1) is 0 Å². The number of nitrogens with one attached hydrogen (secondary N) is 1. The summed E-state index contributed by atoms with van der Waals surface area (Å²) in [5.74, 6) is 0.233. The van der Waals surface area contributed by atoms with Crippen molar-refractivity contribution < 1.29 is 14.4 Å². The lowest BCUT2D eigenvalue weighted by Crippen LogP contribution is -2.55. The van der Waals surface area contributed by atoms with Crippen molar-refractivity contribution in [3.05, 3.63) is 29.8 Å². The lowest BCUT2D eigenvalue weighted by molar-refractivity contribution is -0.134.